The Kier molecular flexibility index (Phi) is 3.33. The first-order valence-corrected chi connectivity index (χ1v) is 4.92. The van der Waals surface area contributed by atoms with Crippen LogP contribution in [0.3, 0.4) is 0 Å². The van der Waals surface area contributed by atoms with Gasteiger partial charge in [-0.15, -0.1) is 0 Å². The van der Waals surface area contributed by atoms with Crippen LogP contribution >= 0.6 is 0 Å². The van der Waals surface area contributed by atoms with Gasteiger partial charge >= 0.3 is 0 Å². The number of rotatable bonds is 2. The van der Waals surface area contributed by atoms with E-state index in [0.717, 1.165) is 25.9 Å². The normalized spacial score (nSPS) is 30.5. The zero-order valence-electron chi connectivity index (χ0n) is 9.05. The molecule has 0 aromatic carbocycles. The fourth-order valence-electron chi connectivity index (χ4n) is 1.19. The standard InChI is InChI=1S/C10H20O3/c1-9(2,3)12-13-10(4)7-5-6-8-11-10/h5-8H2,1-4H3. The quantitative estimate of drug-likeness (QED) is 0.492. The van der Waals surface area contributed by atoms with Gasteiger partial charge in [0.15, 0.2) is 5.79 Å². The van der Waals surface area contributed by atoms with Crippen LogP contribution in [0.5, 0.6) is 0 Å². The molecule has 0 aliphatic carbocycles. The Hall–Kier alpha value is -0.120. The molecule has 1 aliphatic rings. The summed E-state index contributed by atoms with van der Waals surface area (Å²) in [6.45, 7) is 8.57. The summed E-state index contributed by atoms with van der Waals surface area (Å²) in [5.74, 6) is -0.536. The summed E-state index contributed by atoms with van der Waals surface area (Å²) < 4.78 is 5.51. The van der Waals surface area contributed by atoms with Crippen LogP contribution in [0.15, 0.2) is 0 Å². The monoisotopic (exact) mass is 188 g/mol. The lowest BCUT2D eigenvalue weighted by atomic mass is 10.1. The summed E-state index contributed by atoms with van der Waals surface area (Å²) in [4.78, 5) is 10.6. The van der Waals surface area contributed by atoms with Crippen molar-refractivity contribution in [3.63, 3.8) is 0 Å². The van der Waals surface area contributed by atoms with Gasteiger partial charge in [-0.05, 0) is 40.5 Å². The Morgan fingerprint density at radius 2 is 1.92 bits per heavy atom. The van der Waals surface area contributed by atoms with Crippen LogP contribution in [0.1, 0.15) is 47.0 Å². The number of ether oxygens (including phenoxy) is 1. The van der Waals surface area contributed by atoms with Crippen LogP contribution in [0, 0.1) is 0 Å². The van der Waals surface area contributed by atoms with Crippen molar-refractivity contribution in [2.24, 2.45) is 0 Å². The fraction of sp³-hybridized carbons (Fsp3) is 1.00. The van der Waals surface area contributed by atoms with Crippen molar-refractivity contribution in [2.75, 3.05) is 6.61 Å². The Morgan fingerprint density at radius 3 is 2.38 bits per heavy atom. The minimum atomic E-state index is -0.536. The van der Waals surface area contributed by atoms with Gasteiger partial charge in [0.2, 0.25) is 0 Å². The fourth-order valence-corrected chi connectivity index (χ4v) is 1.19. The summed E-state index contributed by atoms with van der Waals surface area (Å²) in [5.41, 5.74) is -0.274. The van der Waals surface area contributed by atoms with E-state index in [1.165, 1.54) is 0 Å². The second-order valence-corrected chi connectivity index (χ2v) is 4.72. The lowest BCUT2D eigenvalue weighted by Crippen LogP contribution is -2.38. The van der Waals surface area contributed by atoms with Gasteiger partial charge in [0.25, 0.3) is 0 Å². The first-order valence-electron chi connectivity index (χ1n) is 4.92. The second kappa shape index (κ2) is 3.95. The van der Waals surface area contributed by atoms with E-state index >= 15 is 0 Å². The van der Waals surface area contributed by atoms with Gasteiger partial charge in [-0.2, -0.15) is 0 Å². The average Bonchev–Trinajstić information content (AvgIpc) is 2.02. The van der Waals surface area contributed by atoms with E-state index in [1.54, 1.807) is 0 Å². The lowest BCUT2D eigenvalue weighted by molar-refractivity contribution is -0.460. The maximum Gasteiger partial charge on any atom is 0.198 e. The molecule has 1 atom stereocenters. The molecule has 0 amide bonds. The average molecular weight is 188 g/mol. The molecule has 0 N–H and O–H groups in total. The van der Waals surface area contributed by atoms with Crippen molar-refractivity contribution in [1.29, 1.82) is 0 Å². The zero-order valence-corrected chi connectivity index (χ0v) is 9.05. The van der Waals surface area contributed by atoms with E-state index in [4.69, 9.17) is 14.5 Å². The SMILES string of the molecule is CC(C)(C)OOC1(C)CCCCO1. The smallest absolute Gasteiger partial charge is 0.198 e. The second-order valence-electron chi connectivity index (χ2n) is 4.72. The van der Waals surface area contributed by atoms with Gasteiger partial charge in [0.1, 0.15) is 0 Å². The summed E-state index contributed by atoms with van der Waals surface area (Å²) in [7, 11) is 0. The van der Waals surface area contributed by atoms with E-state index in [0.29, 0.717) is 0 Å². The third kappa shape index (κ3) is 4.07. The Bertz CT molecular complexity index is 154. The Labute approximate surface area is 80.3 Å². The van der Waals surface area contributed by atoms with Crippen molar-refractivity contribution in [2.45, 2.75) is 58.3 Å². The third-order valence-electron chi connectivity index (χ3n) is 1.90. The molecule has 13 heavy (non-hydrogen) atoms. The molecule has 1 unspecified atom stereocenters. The molecule has 0 radical (unpaired) electrons. The highest BCUT2D eigenvalue weighted by Gasteiger charge is 2.31. The molecule has 78 valence electrons. The molecule has 0 spiro atoms. The number of hydrogen-bond donors (Lipinski definition) is 0. The van der Waals surface area contributed by atoms with Crippen molar-refractivity contribution in [3.8, 4) is 0 Å². The summed E-state index contributed by atoms with van der Waals surface area (Å²) in [6.07, 6.45) is 3.17. The van der Waals surface area contributed by atoms with Crippen LogP contribution in [-0.2, 0) is 14.5 Å². The topological polar surface area (TPSA) is 27.7 Å². The summed E-state index contributed by atoms with van der Waals surface area (Å²) in [5, 5.41) is 0. The largest absolute Gasteiger partial charge is 0.348 e. The molecular weight excluding hydrogens is 168 g/mol. The van der Waals surface area contributed by atoms with Crippen LogP contribution in [0.25, 0.3) is 0 Å². The lowest BCUT2D eigenvalue weighted by Gasteiger charge is -2.34. The molecule has 1 heterocycles. The van der Waals surface area contributed by atoms with Crippen LogP contribution in [-0.4, -0.2) is 18.0 Å². The molecule has 1 saturated heterocycles. The maximum absolute atomic E-state index is 5.51. The Balaban J connectivity index is 2.33. The van der Waals surface area contributed by atoms with Gasteiger partial charge in [-0.3, -0.25) is 0 Å². The van der Waals surface area contributed by atoms with E-state index in [-0.39, 0.29) is 5.60 Å². The van der Waals surface area contributed by atoms with E-state index < -0.39 is 5.79 Å². The molecule has 1 fully saturated rings. The predicted octanol–water partition coefficient (Wildman–Crippen LogP) is 2.65. The van der Waals surface area contributed by atoms with Crippen molar-refractivity contribution in [3.05, 3.63) is 0 Å². The third-order valence-corrected chi connectivity index (χ3v) is 1.90. The van der Waals surface area contributed by atoms with E-state index in [1.807, 2.05) is 27.7 Å². The van der Waals surface area contributed by atoms with Crippen LogP contribution in [0.2, 0.25) is 0 Å². The molecule has 0 aromatic heterocycles. The van der Waals surface area contributed by atoms with Gasteiger partial charge in [0, 0.05) is 6.42 Å². The first-order chi connectivity index (χ1) is 5.91. The molecule has 1 aliphatic heterocycles. The van der Waals surface area contributed by atoms with E-state index in [9.17, 15) is 0 Å². The van der Waals surface area contributed by atoms with Crippen LogP contribution in [0.4, 0.5) is 0 Å². The summed E-state index contributed by atoms with van der Waals surface area (Å²) >= 11 is 0. The highest BCUT2D eigenvalue weighted by atomic mass is 17.2. The highest BCUT2D eigenvalue weighted by Crippen LogP contribution is 2.27. The van der Waals surface area contributed by atoms with Crippen LogP contribution < -0.4 is 0 Å². The van der Waals surface area contributed by atoms with Gasteiger partial charge in [-0.25, -0.2) is 9.78 Å². The molecule has 0 bridgehead atoms. The molecule has 0 saturated carbocycles. The Morgan fingerprint density at radius 1 is 1.23 bits per heavy atom. The van der Waals surface area contributed by atoms with Crippen molar-refractivity contribution in [1.82, 2.24) is 0 Å². The van der Waals surface area contributed by atoms with E-state index in [2.05, 4.69) is 0 Å². The molecule has 3 nitrogen and oxygen atoms in total. The predicted molar refractivity (Wildman–Crippen MR) is 50.1 cm³/mol. The van der Waals surface area contributed by atoms with Gasteiger partial charge in [0.05, 0.1) is 12.2 Å². The highest BCUT2D eigenvalue weighted by molar-refractivity contribution is 4.67. The first kappa shape index (κ1) is 11.0. The number of hydrogen-bond acceptors (Lipinski definition) is 3. The van der Waals surface area contributed by atoms with Gasteiger partial charge in [-0.1, -0.05) is 0 Å². The molecule has 1 rings (SSSR count). The molecule has 0 aromatic rings. The molecular formula is C10H20O3. The van der Waals surface area contributed by atoms with Gasteiger partial charge < -0.3 is 4.74 Å². The minimum Gasteiger partial charge on any atom is -0.348 e. The van der Waals surface area contributed by atoms with Crippen molar-refractivity contribution < 1.29 is 14.5 Å². The zero-order chi connectivity index (χ0) is 9.95. The van der Waals surface area contributed by atoms with Crippen molar-refractivity contribution >= 4 is 0 Å². The summed E-state index contributed by atoms with van der Waals surface area (Å²) in [6, 6.07) is 0. The molecule has 3 heteroatoms. The minimum absolute atomic E-state index is 0.274. The maximum atomic E-state index is 5.51.